The molecule has 0 saturated carbocycles. The zero-order valence-corrected chi connectivity index (χ0v) is 13.6. The lowest BCUT2D eigenvalue weighted by Gasteiger charge is -2.12. The van der Waals surface area contributed by atoms with Crippen molar-refractivity contribution in [3.63, 3.8) is 0 Å². The second-order valence-electron chi connectivity index (χ2n) is 5.15. The highest BCUT2D eigenvalue weighted by molar-refractivity contribution is 9.08. The Balaban J connectivity index is 2.06. The predicted molar refractivity (Wildman–Crippen MR) is 90.4 cm³/mol. The van der Waals surface area contributed by atoms with Gasteiger partial charge in [0.2, 0.25) is 5.88 Å². The van der Waals surface area contributed by atoms with E-state index >= 15 is 0 Å². The maximum absolute atomic E-state index is 6.05. The van der Waals surface area contributed by atoms with Gasteiger partial charge in [-0.1, -0.05) is 51.8 Å². The zero-order chi connectivity index (χ0) is 14.8. The molecule has 3 aromatic rings. The Morgan fingerprint density at radius 3 is 2.62 bits per heavy atom. The van der Waals surface area contributed by atoms with Crippen LogP contribution in [0.15, 0.2) is 48.5 Å². The maximum Gasteiger partial charge on any atom is 0.223 e. The van der Waals surface area contributed by atoms with Crippen LogP contribution >= 0.6 is 15.9 Å². The number of ether oxygens (including phenoxy) is 1. The molecule has 0 amide bonds. The van der Waals surface area contributed by atoms with Gasteiger partial charge < -0.3 is 4.74 Å². The monoisotopic (exact) mass is 341 g/mol. The van der Waals surface area contributed by atoms with Gasteiger partial charge in [0.1, 0.15) is 5.75 Å². The van der Waals surface area contributed by atoms with E-state index in [1.165, 1.54) is 5.56 Å². The molecule has 2 nitrogen and oxygen atoms in total. The molecule has 0 atom stereocenters. The number of aryl methyl sites for hydroxylation is 2. The topological polar surface area (TPSA) is 22.1 Å². The molecule has 0 radical (unpaired) electrons. The quantitative estimate of drug-likeness (QED) is 0.583. The van der Waals surface area contributed by atoms with E-state index in [1.54, 1.807) is 0 Å². The van der Waals surface area contributed by atoms with E-state index in [4.69, 9.17) is 4.74 Å². The first kappa shape index (κ1) is 14.1. The second kappa shape index (κ2) is 5.86. The van der Waals surface area contributed by atoms with Crippen molar-refractivity contribution >= 4 is 26.8 Å². The average Bonchev–Trinajstić information content (AvgIpc) is 2.49. The van der Waals surface area contributed by atoms with Crippen molar-refractivity contribution in [2.45, 2.75) is 19.2 Å². The molecule has 0 fully saturated rings. The third-order valence-corrected chi connectivity index (χ3v) is 4.05. The third kappa shape index (κ3) is 2.93. The summed E-state index contributed by atoms with van der Waals surface area (Å²) >= 11 is 3.52. The molecule has 0 unspecified atom stereocenters. The molecule has 0 N–H and O–H groups in total. The second-order valence-corrected chi connectivity index (χ2v) is 5.71. The van der Waals surface area contributed by atoms with Crippen molar-refractivity contribution in [2.24, 2.45) is 0 Å². The number of pyridine rings is 1. The molecule has 3 rings (SSSR count). The number of benzene rings is 2. The Bertz CT molecular complexity index is 798. The van der Waals surface area contributed by atoms with Gasteiger partial charge in [0.25, 0.3) is 0 Å². The molecule has 1 aromatic heterocycles. The molecule has 0 bridgehead atoms. The Morgan fingerprint density at radius 1 is 1.05 bits per heavy atom. The predicted octanol–water partition coefficient (Wildman–Crippen LogP) is 5.54. The number of rotatable bonds is 3. The Kier molecular flexibility index (Phi) is 3.93. The van der Waals surface area contributed by atoms with E-state index in [0.29, 0.717) is 11.2 Å². The SMILES string of the molecule is Cc1ccc(Oc2nc3ccccc3cc2CBr)c(C)c1. The van der Waals surface area contributed by atoms with Crippen LogP contribution < -0.4 is 4.74 Å². The number of hydrogen-bond acceptors (Lipinski definition) is 2. The summed E-state index contributed by atoms with van der Waals surface area (Å²) in [6.45, 7) is 4.13. The molecule has 0 aliphatic heterocycles. The number of hydrogen-bond donors (Lipinski definition) is 0. The number of aromatic nitrogens is 1. The third-order valence-electron chi connectivity index (χ3n) is 3.44. The van der Waals surface area contributed by atoms with Gasteiger partial charge in [0.05, 0.1) is 5.52 Å². The van der Waals surface area contributed by atoms with Crippen molar-refractivity contribution in [1.29, 1.82) is 0 Å². The minimum Gasteiger partial charge on any atom is -0.438 e. The van der Waals surface area contributed by atoms with Gasteiger partial charge in [0.15, 0.2) is 0 Å². The standard InChI is InChI=1S/C18H16BrNO/c1-12-7-8-17(13(2)9-12)21-18-15(11-19)10-14-5-3-4-6-16(14)20-18/h3-10H,11H2,1-2H3. The number of fused-ring (bicyclic) bond motifs is 1. The molecule has 2 aromatic carbocycles. The highest BCUT2D eigenvalue weighted by Gasteiger charge is 2.10. The van der Waals surface area contributed by atoms with Crippen LogP contribution in [0, 0.1) is 13.8 Å². The normalized spacial score (nSPS) is 10.8. The first-order valence-electron chi connectivity index (χ1n) is 6.87. The van der Waals surface area contributed by atoms with E-state index in [9.17, 15) is 0 Å². The van der Waals surface area contributed by atoms with Crippen molar-refractivity contribution in [3.8, 4) is 11.6 Å². The van der Waals surface area contributed by atoms with Crippen molar-refractivity contribution in [2.75, 3.05) is 0 Å². The molecule has 106 valence electrons. The molecule has 0 saturated heterocycles. The van der Waals surface area contributed by atoms with Crippen molar-refractivity contribution < 1.29 is 4.74 Å². The summed E-state index contributed by atoms with van der Waals surface area (Å²) < 4.78 is 6.05. The Hall–Kier alpha value is -1.87. The number of para-hydroxylation sites is 1. The van der Waals surface area contributed by atoms with Crippen LogP contribution in [0.1, 0.15) is 16.7 Å². The number of nitrogens with zero attached hydrogens (tertiary/aromatic N) is 1. The summed E-state index contributed by atoms with van der Waals surface area (Å²) in [4.78, 5) is 4.65. The van der Waals surface area contributed by atoms with E-state index in [2.05, 4.69) is 59.0 Å². The minimum atomic E-state index is 0.664. The Morgan fingerprint density at radius 2 is 1.86 bits per heavy atom. The summed E-state index contributed by atoms with van der Waals surface area (Å²) in [7, 11) is 0. The fourth-order valence-corrected chi connectivity index (χ4v) is 2.75. The van der Waals surface area contributed by atoms with Crippen molar-refractivity contribution in [1.82, 2.24) is 4.98 Å². The first-order valence-corrected chi connectivity index (χ1v) is 7.99. The van der Waals surface area contributed by atoms with Crippen LogP contribution in [0.4, 0.5) is 0 Å². The zero-order valence-electron chi connectivity index (χ0n) is 12.1. The first-order chi connectivity index (χ1) is 10.2. The highest BCUT2D eigenvalue weighted by atomic mass is 79.9. The van der Waals surface area contributed by atoms with Gasteiger partial charge >= 0.3 is 0 Å². The molecular formula is C18H16BrNO. The van der Waals surface area contributed by atoms with E-state index < -0.39 is 0 Å². The van der Waals surface area contributed by atoms with Gasteiger partial charge in [-0.2, -0.15) is 0 Å². The lowest BCUT2D eigenvalue weighted by molar-refractivity contribution is 0.457. The van der Waals surface area contributed by atoms with Crippen LogP contribution in [0.3, 0.4) is 0 Å². The highest BCUT2D eigenvalue weighted by Crippen LogP contribution is 2.30. The minimum absolute atomic E-state index is 0.664. The van der Waals surface area contributed by atoms with Crippen LogP contribution in [-0.2, 0) is 5.33 Å². The summed E-state index contributed by atoms with van der Waals surface area (Å²) in [6, 6.07) is 16.4. The van der Waals surface area contributed by atoms with Gasteiger partial charge in [-0.05, 0) is 37.6 Å². The van der Waals surface area contributed by atoms with E-state index in [-0.39, 0.29) is 0 Å². The fourth-order valence-electron chi connectivity index (χ4n) is 2.34. The van der Waals surface area contributed by atoms with Gasteiger partial charge in [-0.15, -0.1) is 0 Å². The summed E-state index contributed by atoms with van der Waals surface area (Å²) in [5, 5.41) is 1.84. The van der Waals surface area contributed by atoms with Crippen LogP contribution in [0.25, 0.3) is 10.9 Å². The van der Waals surface area contributed by atoms with Crippen LogP contribution in [0.5, 0.6) is 11.6 Å². The number of alkyl halides is 1. The molecular weight excluding hydrogens is 326 g/mol. The molecule has 0 aliphatic rings. The summed E-state index contributed by atoms with van der Waals surface area (Å²) in [5.74, 6) is 1.52. The van der Waals surface area contributed by atoms with Crippen molar-refractivity contribution in [3.05, 3.63) is 65.2 Å². The van der Waals surface area contributed by atoms with E-state index in [0.717, 1.165) is 27.8 Å². The largest absolute Gasteiger partial charge is 0.438 e. The lowest BCUT2D eigenvalue weighted by atomic mass is 10.1. The average molecular weight is 342 g/mol. The summed E-state index contributed by atoms with van der Waals surface area (Å²) in [6.07, 6.45) is 0. The van der Waals surface area contributed by atoms with Gasteiger partial charge in [-0.3, -0.25) is 0 Å². The van der Waals surface area contributed by atoms with Gasteiger partial charge in [0, 0.05) is 16.3 Å². The molecule has 1 heterocycles. The molecule has 0 aliphatic carbocycles. The smallest absolute Gasteiger partial charge is 0.223 e. The van der Waals surface area contributed by atoms with Crippen LogP contribution in [-0.4, -0.2) is 4.98 Å². The van der Waals surface area contributed by atoms with E-state index in [1.807, 2.05) is 24.3 Å². The number of halogens is 1. The fraction of sp³-hybridized carbons (Fsp3) is 0.167. The van der Waals surface area contributed by atoms with Crippen LogP contribution in [0.2, 0.25) is 0 Å². The Labute approximate surface area is 132 Å². The van der Waals surface area contributed by atoms with Gasteiger partial charge in [-0.25, -0.2) is 4.98 Å². The molecule has 0 spiro atoms. The summed E-state index contributed by atoms with van der Waals surface area (Å²) in [5.41, 5.74) is 4.34. The lowest BCUT2D eigenvalue weighted by Crippen LogP contribution is -1.96. The molecule has 21 heavy (non-hydrogen) atoms. The maximum atomic E-state index is 6.05. The molecule has 3 heteroatoms.